The number of benzene rings is 1. The van der Waals surface area contributed by atoms with Gasteiger partial charge in [0.1, 0.15) is 16.7 Å². The van der Waals surface area contributed by atoms with Gasteiger partial charge in [0, 0.05) is 11.5 Å². The molecule has 1 aliphatic carbocycles. The van der Waals surface area contributed by atoms with Crippen LogP contribution in [0.4, 0.5) is 0 Å². The van der Waals surface area contributed by atoms with Gasteiger partial charge in [-0.3, -0.25) is 0 Å². The molecule has 0 saturated heterocycles. The first kappa shape index (κ1) is 14.3. The van der Waals surface area contributed by atoms with Crippen molar-refractivity contribution in [1.29, 1.82) is 0 Å². The van der Waals surface area contributed by atoms with Crippen LogP contribution >= 0.6 is 11.6 Å². The van der Waals surface area contributed by atoms with Gasteiger partial charge in [-0.25, -0.2) is 4.98 Å². The molecule has 0 atom stereocenters. The summed E-state index contributed by atoms with van der Waals surface area (Å²) in [7, 11) is 0. The van der Waals surface area contributed by atoms with Gasteiger partial charge in [0.05, 0.1) is 0 Å². The molecule has 2 aromatic rings. The van der Waals surface area contributed by atoms with Gasteiger partial charge in [0.15, 0.2) is 0 Å². The second kappa shape index (κ2) is 5.64. The van der Waals surface area contributed by atoms with Crippen molar-refractivity contribution >= 4 is 11.6 Å². The normalized spacial score (nSPS) is 13.6. The first-order chi connectivity index (χ1) is 10.0. The maximum Gasteiger partial charge on any atom is 0.226 e. The van der Waals surface area contributed by atoms with E-state index in [9.17, 15) is 0 Å². The van der Waals surface area contributed by atoms with Crippen LogP contribution < -0.4 is 4.74 Å². The minimum Gasteiger partial charge on any atom is -0.439 e. The number of hydrogen-bond acceptors (Lipinski definition) is 3. The molecule has 0 radical (unpaired) electrons. The summed E-state index contributed by atoms with van der Waals surface area (Å²) in [5.74, 6) is 2.30. The average Bonchev–Trinajstić information content (AvgIpc) is 2.91. The fraction of sp³-hybridized carbons (Fsp3) is 0.412. The molecule has 1 aliphatic rings. The van der Waals surface area contributed by atoms with Crippen molar-refractivity contribution in [2.75, 3.05) is 0 Å². The van der Waals surface area contributed by atoms with Gasteiger partial charge >= 0.3 is 0 Å². The van der Waals surface area contributed by atoms with Crippen LogP contribution in [0.5, 0.6) is 11.6 Å². The number of ether oxygens (including phenoxy) is 1. The molecule has 0 fully saturated rings. The van der Waals surface area contributed by atoms with Crippen molar-refractivity contribution in [3.05, 3.63) is 45.9 Å². The molecule has 3 nitrogen and oxygen atoms in total. The number of aromatic nitrogens is 2. The van der Waals surface area contributed by atoms with Crippen LogP contribution in [0.15, 0.2) is 18.2 Å². The Labute approximate surface area is 130 Å². The SMILES string of the molecule is Cc1c(Cl)nc(C(C)C)nc1Oc1ccc2c(c1)CCC2. The lowest BCUT2D eigenvalue weighted by Crippen LogP contribution is -2.02. The number of hydrogen-bond donors (Lipinski definition) is 0. The first-order valence-corrected chi connectivity index (χ1v) is 7.76. The van der Waals surface area contributed by atoms with E-state index in [4.69, 9.17) is 16.3 Å². The largest absolute Gasteiger partial charge is 0.439 e. The third-order valence-electron chi connectivity index (χ3n) is 3.86. The Balaban J connectivity index is 1.94. The summed E-state index contributed by atoms with van der Waals surface area (Å²) in [5, 5.41) is 0.463. The second-order valence-corrected chi connectivity index (χ2v) is 6.20. The maximum absolute atomic E-state index is 6.19. The van der Waals surface area contributed by atoms with Gasteiger partial charge in [-0.1, -0.05) is 31.5 Å². The van der Waals surface area contributed by atoms with E-state index < -0.39 is 0 Å². The second-order valence-electron chi connectivity index (χ2n) is 5.84. The molecule has 0 bridgehead atoms. The topological polar surface area (TPSA) is 35.0 Å². The molecule has 21 heavy (non-hydrogen) atoms. The van der Waals surface area contributed by atoms with Gasteiger partial charge in [0.2, 0.25) is 5.88 Å². The minimum atomic E-state index is 0.213. The third kappa shape index (κ3) is 2.88. The van der Waals surface area contributed by atoms with E-state index in [1.54, 1.807) is 0 Å². The number of halogens is 1. The molecule has 4 heteroatoms. The number of nitrogens with zero attached hydrogens (tertiary/aromatic N) is 2. The lowest BCUT2D eigenvalue weighted by Gasteiger charge is -2.12. The fourth-order valence-electron chi connectivity index (χ4n) is 2.57. The molecule has 1 heterocycles. The first-order valence-electron chi connectivity index (χ1n) is 7.38. The predicted molar refractivity (Wildman–Crippen MR) is 84.4 cm³/mol. The van der Waals surface area contributed by atoms with Crippen LogP contribution in [0.1, 0.15) is 48.7 Å². The predicted octanol–water partition coefficient (Wildman–Crippen LogP) is 4.84. The third-order valence-corrected chi connectivity index (χ3v) is 4.23. The standard InChI is InChI=1S/C17H19ClN2O/c1-10(2)16-19-15(18)11(3)17(20-16)21-14-8-7-12-5-4-6-13(12)9-14/h7-10H,4-6H2,1-3H3. The monoisotopic (exact) mass is 302 g/mol. The van der Waals surface area contributed by atoms with Gasteiger partial charge in [-0.15, -0.1) is 0 Å². The van der Waals surface area contributed by atoms with Crippen LogP contribution in [0.3, 0.4) is 0 Å². The minimum absolute atomic E-state index is 0.213. The molecule has 0 unspecified atom stereocenters. The van der Waals surface area contributed by atoms with Crippen LogP contribution in [0.2, 0.25) is 5.15 Å². The highest BCUT2D eigenvalue weighted by Gasteiger charge is 2.15. The summed E-state index contributed by atoms with van der Waals surface area (Å²) in [6, 6.07) is 6.28. The molecular formula is C17H19ClN2O. The van der Waals surface area contributed by atoms with Crippen LogP contribution in [-0.4, -0.2) is 9.97 Å². The highest BCUT2D eigenvalue weighted by Crippen LogP contribution is 2.31. The summed E-state index contributed by atoms with van der Waals surface area (Å²) in [6.07, 6.45) is 3.54. The molecule has 0 amide bonds. The zero-order chi connectivity index (χ0) is 15.0. The van der Waals surface area contributed by atoms with E-state index in [0.717, 1.165) is 17.7 Å². The van der Waals surface area contributed by atoms with Crippen molar-refractivity contribution in [2.45, 2.75) is 46.0 Å². The Kier molecular flexibility index (Phi) is 3.85. The van der Waals surface area contributed by atoms with Gasteiger partial charge in [0.25, 0.3) is 0 Å². The highest BCUT2D eigenvalue weighted by molar-refractivity contribution is 6.30. The Morgan fingerprint density at radius 2 is 1.90 bits per heavy atom. The molecule has 0 aliphatic heterocycles. The summed E-state index contributed by atoms with van der Waals surface area (Å²) in [5.41, 5.74) is 3.60. The number of rotatable bonds is 3. The van der Waals surface area contributed by atoms with Crippen LogP contribution in [-0.2, 0) is 12.8 Å². The fourth-order valence-corrected chi connectivity index (χ4v) is 2.73. The smallest absolute Gasteiger partial charge is 0.226 e. The van der Waals surface area contributed by atoms with Crippen molar-refractivity contribution in [3.8, 4) is 11.6 Å². The highest BCUT2D eigenvalue weighted by atomic mass is 35.5. The van der Waals surface area contributed by atoms with E-state index in [0.29, 0.717) is 16.9 Å². The van der Waals surface area contributed by atoms with Crippen LogP contribution in [0, 0.1) is 6.92 Å². The lowest BCUT2D eigenvalue weighted by molar-refractivity contribution is 0.452. The molecule has 0 spiro atoms. The molecular weight excluding hydrogens is 284 g/mol. The lowest BCUT2D eigenvalue weighted by atomic mass is 10.1. The summed E-state index contributed by atoms with van der Waals surface area (Å²) < 4.78 is 5.97. The van der Waals surface area contributed by atoms with Crippen LogP contribution in [0.25, 0.3) is 0 Å². The van der Waals surface area contributed by atoms with Gasteiger partial charge in [-0.05, 0) is 49.4 Å². The Bertz CT molecular complexity index is 683. The Morgan fingerprint density at radius 3 is 2.67 bits per heavy atom. The van der Waals surface area contributed by atoms with E-state index in [1.165, 1.54) is 24.0 Å². The van der Waals surface area contributed by atoms with Crippen molar-refractivity contribution in [1.82, 2.24) is 9.97 Å². The summed E-state index contributed by atoms with van der Waals surface area (Å²) in [6.45, 7) is 5.97. The summed E-state index contributed by atoms with van der Waals surface area (Å²) >= 11 is 6.19. The number of fused-ring (bicyclic) bond motifs is 1. The van der Waals surface area contributed by atoms with Gasteiger partial charge < -0.3 is 4.74 Å². The van der Waals surface area contributed by atoms with Gasteiger partial charge in [-0.2, -0.15) is 4.98 Å². The summed E-state index contributed by atoms with van der Waals surface area (Å²) in [4.78, 5) is 8.81. The van der Waals surface area contributed by atoms with E-state index in [1.807, 2.05) is 26.8 Å². The van der Waals surface area contributed by atoms with Crippen molar-refractivity contribution < 1.29 is 4.74 Å². The Morgan fingerprint density at radius 1 is 1.14 bits per heavy atom. The zero-order valence-corrected chi connectivity index (χ0v) is 13.4. The average molecular weight is 303 g/mol. The molecule has 1 aromatic carbocycles. The van der Waals surface area contributed by atoms with E-state index >= 15 is 0 Å². The number of aryl methyl sites for hydroxylation is 2. The zero-order valence-electron chi connectivity index (χ0n) is 12.6. The van der Waals surface area contributed by atoms with Crippen molar-refractivity contribution in [3.63, 3.8) is 0 Å². The quantitative estimate of drug-likeness (QED) is 0.761. The molecule has 110 valence electrons. The molecule has 1 aromatic heterocycles. The van der Waals surface area contributed by atoms with Crippen molar-refractivity contribution in [2.24, 2.45) is 0 Å². The molecule has 0 saturated carbocycles. The van der Waals surface area contributed by atoms with E-state index in [2.05, 4.69) is 22.1 Å². The Hall–Kier alpha value is -1.61. The van der Waals surface area contributed by atoms with E-state index in [-0.39, 0.29) is 5.92 Å². The molecule has 3 rings (SSSR count). The molecule has 0 N–H and O–H groups in total. The maximum atomic E-state index is 6.19.